The fourth-order valence-corrected chi connectivity index (χ4v) is 2.09. The molecule has 0 aromatic carbocycles. The molecule has 0 spiro atoms. The lowest BCUT2D eigenvalue weighted by atomic mass is 10.0. The van der Waals surface area contributed by atoms with Gasteiger partial charge in [-0.2, -0.15) is 5.10 Å². The zero-order valence-corrected chi connectivity index (χ0v) is 11.4. The van der Waals surface area contributed by atoms with Crippen molar-refractivity contribution in [3.8, 4) is 0 Å². The van der Waals surface area contributed by atoms with Crippen molar-refractivity contribution in [3.63, 3.8) is 0 Å². The molecular formula is C12H20N6. The third kappa shape index (κ3) is 2.59. The van der Waals surface area contributed by atoms with Crippen molar-refractivity contribution in [1.82, 2.24) is 30.1 Å². The zero-order valence-electron chi connectivity index (χ0n) is 11.4. The Bertz CT molecular complexity index is 512. The van der Waals surface area contributed by atoms with Crippen LogP contribution < -0.4 is 5.32 Å². The van der Waals surface area contributed by atoms with Gasteiger partial charge in [0.05, 0.1) is 11.9 Å². The summed E-state index contributed by atoms with van der Waals surface area (Å²) in [4.78, 5) is 0. The third-order valence-corrected chi connectivity index (χ3v) is 3.16. The predicted octanol–water partition coefficient (Wildman–Crippen LogP) is 0.750. The van der Waals surface area contributed by atoms with E-state index in [-0.39, 0.29) is 6.04 Å². The maximum atomic E-state index is 4.30. The van der Waals surface area contributed by atoms with Gasteiger partial charge in [-0.05, 0) is 13.5 Å². The van der Waals surface area contributed by atoms with E-state index in [0.717, 1.165) is 18.7 Å². The monoisotopic (exact) mass is 248 g/mol. The minimum atomic E-state index is 0.236. The fourth-order valence-electron chi connectivity index (χ4n) is 2.09. The standard InChI is InChI=1S/C12H20N6/c1-5-13-12(6-10-8-17(3)16-15-10)11-7-14-18(4)9(11)2/h7-8,12-13H,5-6H2,1-4H3. The number of rotatable bonds is 5. The predicted molar refractivity (Wildman–Crippen MR) is 69.1 cm³/mol. The van der Waals surface area contributed by atoms with E-state index in [1.54, 1.807) is 4.68 Å². The summed E-state index contributed by atoms with van der Waals surface area (Å²) < 4.78 is 3.63. The Balaban J connectivity index is 2.20. The molecular weight excluding hydrogens is 228 g/mol. The Morgan fingerprint density at radius 3 is 2.67 bits per heavy atom. The van der Waals surface area contributed by atoms with Gasteiger partial charge in [-0.25, -0.2) is 0 Å². The van der Waals surface area contributed by atoms with E-state index in [1.807, 2.05) is 31.2 Å². The molecule has 1 unspecified atom stereocenters. The molecule has 0 aliphatic heterocycles. The van der Waals surface area contributed by atoms with Gasteiger partial charge >= 0.3 is 0 Å². The second kappa shape index (κ2) is 5.30. The number of hydrogen-bond acceptors (Lipinski definition) is 4. The van der Waals surface area contributed by atoms with E-state index >= 15 is 0 Å². The molecule has 0 aliphatic rings. The summed E-state index contributed by atoms with van der Waals surface area (Å²) >= 11 is 0. The molecule has 0 fully saturated rings. The number of aromatic nitrogens is 5. The van der Waals surface area contributed by atoms with Crippen molar-refractivity contribution in [2.45, 2.75) is 26.3 Å². The van der Waals surface area contributed by atoms with Crippen LogP contribution in [0.5, 0.6) is 0 Å². The lowest BCUT2D eigenvalue weighted by Crippen LogP contribution is -2.23. The molecule has 18 heavy (non-hydrogen) atoms. The average molecular weight is 248 g/mol. The third-order valence-electron chi connectivity index (χ3n) is 3.16. The Morgan fingerprint density at radius 1 is 1.39 bits per heavy atom. The Labute approximate surface area is 107 Å². The Kier molecular flexibility index (Phi) is 3.76. The first kappa shape index (κ1) is 12.8. The molecule has 1 atom stereocenters. The van der Waals surface area contributed by atoms with Gasteiger partial charge in [-0.3, -0.25) is 9.36 Å². The minimum absolute atomic E-state index is 0.236. The van der Waals surface area contributed by atoms with Gasteiger partial charge in [-0.15, -0.1) is 5.10 Å². The van der Waals surface area contributed by atoms with Crippen molar-refractivity contribution in [2.24, 2.45) is 14.1 Å². The number of hydrogen-bond donors (Lipinski definition) is 1. The Morgan fingerprint density at radius 2 is 2.17 bits per heavy atom. The van der Waals surface area contributed by atoms with Crippen molar-refractivity contribution >= 4 is 0 Å². The van der Waals surface area contributed by atoms with Crippen LogP contribution in [-0.4, -0.2) is 31.3 Å². The molecule has 0 saturated carbocycles. The van der Waals surface area contributed by atoms with E-state index in [9.17, 15) is 0 Å². The molecule has 6 nitrogen and oxygen atoms in total. The lowest BCUT2D eigenvalue weighted by Gasteiger charge is -2.16. The summed E-state index contributed by atoms with van der Waals surface area (Å²) in [7, 11) is 3.85. The van der Waals surface area contributed by atoms with Crippen molar-refractivity contribution in [3.05, 3.63) is 29.3 Å². The molecule has 0 aliphatic carbocycles. The normalized spacial score (nSPS) is 12.9. The molecule has 2 aromatic rings. The van der Waals surface area contributed by atoms with Crippen LogP contribution in [0.3, 0.4) is 0 Å². The second-order valence-electron chi connectivity index (χ2n) is 4.51. The van der Waals surface area contributed by atoms with E-state index in [1.165, 1.54) is 11.3 Å². The number of nitrogens with one attached hydrogen (secondary N) is 1. The number of nitrogens with zero attached hydrogens (tertiary/aromatic N) is 5. The smallest absolute Gasteiger partial charge is 0.0845 e. The highest BCUT2D eigenvalue weighted by Gasteiger charge is 2.17. The van der Waals surface area contributed by atoms with Gasteiger partial charge in [0.15, 0.2) is 0 Å². The SMILES string of the molecule is CCNC(Cc1cn(C)nn1)c1cnn(C)c1C. The van der Waals surface area contributed by atoms with Gasteiger partial charge in [0.2, 0.25) is 0 Å². The first-order chi connectivity index (χ1) is 8.61. The highest BCUT2D eigenvalue weighted by atomic mass is 15.4. The zero-order chi connectivity index (χ0) is 13.1. The molecule has 98 valence electrons. The topological polar surface area (TPSA) is 60.6 Å². The summed E-state index contributed by atoms with van der Waals surface area (Å²) in [5, 5.41) is 15.9. The van der Waals surface area contributed by atoms with Gasteiger partial charge in [0.1, 0.15) is 0 Å². The van der Waals surface area contributed by atoms with Gasteiger partial charge in [0.25, 0.3) is 0 Å². The molecule has 0 saturated heterocycles. The van der Waals surface area contributed by atoms with Crippen LogP contribution in [0.1, 0.15) is 29.9 Å². The van der Waals surface area contributed by atoms with Crippen LogP contribution in [0, 0.1) is 6.92 Å². The Hall–Kier alpha value is -1.69. The van der Waals surface area contributed by atoms with E-state index < -0.39 is 0 Å². The maximum absolute atomic E-state index is 4.30. The first-order valence-corrected chi connectivity index (χ1v) is 6.19. The van der Waals surface area contributed by atoms with Crippen LogP contribution in [0.25, 0.3) is 0 Å². The molecule has 1 N–H and O–H groups in total. The maximum Gasteiger partial charge on any atom is 0.0845 e. The van der Waals surface area contributed by atoms with Crippen LogP contribution >= 0.6 is 0 Å². The van der Waals surface area contributed by atoms with Crippen molar-refractivity contribution < 1.29 is 0 Å². The molecule has 6 heteroatoms. The van der Waals surface area contributed by atoms with Gasteiger partial charge in [-0.1, -0.05) is 12.1 Å². The van der Waals surface area contributed by atoms with E-state index in [2.05, 4.69) is 34.6 Å². The van der Waals surface area contributed by atoms with E-state index in [4.69, 9.17) is 0 Å². The first-order valence-electron chi connectivity index (χ1n) is 6.19. The minimum Gasteiger partial charge on any atom is -0.310 e. The van der Waals surface area contributed by atoms with Gasteiger partial charge < -0.3 is 5.32 Å². The average Bonchev–Trinajstić information content (AvgIpc) is 2.87. The van der Waals surface area contributed by atoms with Gasteiger partial charge in [0, 0.05) is 44.0 Å². The summed E-state index contributed by atoms with van der Waals surface area (Å²) in [6.07, 6.45) is 4.71. The molecule has 2 aromatic heterocycles. The second-order valence-corrected chi connectivity index (χ2v) is 4.51. The summed E-state index contributed by atoms with van der Waals surface area (Å²) in [5.74, 6) is 0. The quantitative estimate of drug-likeness (QED) is 0.848. The molecule has 2 heterocycles. The molecule has 0 bridgehead atoms. The highest BCUT2D eigenvalue weighted by Crippen LogP contribution is 2.20. The van der Waals surface area contributed by atoms with Crippen LogP contribution in [0.15, 0.2) is 12.4 Å². The van der Waals surface area contributed by atoms with E-state index in [0.29, 0.717) is 0 Å². The lowest BCUT2D eigenvalue weighted by molar-refractivity contribution is 0.540. The molecule has 0 amide bonds. The van der Waals surface area contributed by atoms with Crippen LogP contribution in [0.4, 0.5) is 0 Å². The largest absolute Gasteiger partial charge is 0.310 e. The summed E-state index contributed by atoms with van der Waals surface area (Å²) in [5.41, 5.74) is 3.40. The molecule has 2 rings (SSSR count). The number of likely N-dealkylation sites (N-methyl/N-ethyl adjacent to an activating group) is 1. The summed E-state index contributed by atoms with van der Waals surface area (Å²) in [6, 6.07) is 0.236. The van der Waals surface area contributed by atoms with Crippen LogP contribution in [-0.2, 0) is 20.5 Å². The van der Waals surface area contributed by atoms with Crippen LogP contribution in [0.2, 0.25) is 0 Å². The fraction of sp³-hybridized carbons (Fsp3) is 0.583. The van der Waals surface area contributed by atoms with Crippen molar-refractivity contribution in [1.29, 1.82) is 0 Å². The summed E-state index contributed by atoms with van der Waals surface area (Å²) in [6.45, 7) is 5.11. The number of aryl methyl sites for hydroxylation is 2. The van der Waals surface area contributed by atoms with Crippen molar-refractivity contribution in [2.75, 3.05) is 6.54 Å². The highest BCUT2D eigenvalue weighted by molar-refractivity contribution is 5.22. The molecule has 0 radical (unpaired) electrons.